The lowest BCUT2D eigenvalue weighted by molar-refractivity contribution is -0.122. The van der Waals surface area contributed by atoms with E-state index in [1.54, 1.807) is 7.11 Å². The smallest absolute Gasteiger partial charge is 0.234 e. The van der Waals surface area contributed by atoms with Crippen molar-refractivity contribution < 1.29 is 9.53 Å². The van der Waals surface area contributed by atoms with Crippen molar-refractivity contribution in [2.24, 2.45) is 0 Å². The minimum atomic E-state index is 0.0181. The highest BCUT2D eigenvalue weighted by atomic mass is 16.5. The maximum Gasteiger partial charge on any atom is 0.234 e. The summed E-state index contributed by atoms with van der Waals surface area (Å²) in [5.41, 5.74) is 0.983. The zero-order valence-corrected chi connectivity index (χ0v) is 11.9. The van der Waals surface area contributed by atoms with Gasteiger partial charge in [-0.1, -0.05) is 18.2 Å². The van der Waals surface area contributed by atoms with Gasteiger partial charge in [0.2, 0.25) is 5.91 Å². The third kappa shape index (κ3) is 5.72. The van der Waals surface area contributed by atoms with E-state index in [4.69, 9.17) is 4.74 Å². The van der Waals surface area contributed by atoms with Gasteiger partial charge in [0.1, 0.15) is 5.75 Å². The molecule has 0 radical (unpaired) electrons. The lowest BCUT2D eigenvalue weighted by atomic mass is 10.2. The fourth-order valence-corrected chi connectivity index (χ4v) is 1.73. The molecule has 106 valence electrons. The van der Waals surface area contributed by atoms with Crippen molar-refractivity contribution in [3.05, 3.63) is 29.8 Å². The molecule has 0 atom stereocenters. The van der Waals surface area contributed by atoms with Crippen LogP contribution in [0.5, 0.6) is 5.75 Å². The summed E-state index contributed by atoms with van der Waals surface area (Å²) in [6.07, 6.45) is 0. The Labute approximate surface area is 114 Å². The number of nitrogens with one attached hydrogen (secondary N) is 2. The van der Waals surface area contributed by atoms with Crippen molar-refractivity contribution in [2.45, 2.75) is 6.54 Å². The van der Waals surface area contributed by atoms with E-state index in [9.17, 15) is 4.79 Å². The number of benzene rings is 1. The van der Waals surface area contributed by atoms with E-state index in [-0.39, 0.29) is 5.91 Å². The highest BCUT2D eigenvalue weighted by Crippen LogP contribution is 2.16. The van der Waals surface area contributed by atoms with Gasteiger partial charge in [0.25, 0.3) is 0 Å². The van der Waals surface area contributed by atoms with Gasteiger partial charge < -0.3 is 15.4 Å². The number of para-hydroxylation sites is 1. The van der Waals surface area contributed by atoms with Gasteiger partial charge in [0, 0.05) is 25.2 Å². The van der Waals surface area contributed by atoms with Crippen LogP contribution in [0.15, 0.2) is 24.3 Å². The number of rotatable bonds is 8. The molecular weight excluding hydrogens is 242 g/mol. The first-order valence-corrected chi connectivity index (χ1v) is 6.39. The Hall–Kier alpha value is -1.59. The maximum atomic E-state index is 11.8. The molecule has 5 nitrogen and oxygen atoms in total. The van der Waals surface area contributed by atoms with Crippen LogP contribution in [0.3, 0.4) is 0 Å². The van der Waals surface area contributed by atoms with Crippen LogP contribution >= 0.6 is 0 Å². The van der Waals surface area contributed by atoms with Gasteiger partial charge in [-0.15, -0.1) is 0 Å². The zero-order chi connectivity index (χ0) is 14.1. The largest absolute Gasteiger partial charge is 0.496 e. The highest BCUT2D eigenvalue weighted by molar-refractivity contribution is 5.78. The molecule has 0 aliphatic carbocycles. The number of hydrogen-bond donors (Lipinski definition) is 2. The van der Waals surface area contributed by atoms with Gasteiger partial charge in [0.15, 0.2) is 0 Å². The molecule has 0 bridgehead atoms. The van der Waals surface area contributed by atoms with Gasteiger partial charge in [-0.25, -0.2) is 0 Å². The maximum absolute atomic E-state index is 11.8. The van der Waals surface area contributed by atoms with Crippen LogP contribution in [0.1, 0.15) is 5.56 Å². The second-order valence-corrected chi connectivity index (χ2v) is 4.43. The molecule has 1 aromatic carbocycles. The highest BCUT2D eigenvalue weighted by Gasteiger charge is 2.07. The quantitative estimate of drug-likeness (QED) is 0.717. The van der Waals surface area contributed by atoms with E-state index in [0.29, 0.717) is 13.1 Å². The molecule has 0 unspecified atom stereocenters. The van der Waals surface area contributed by atoms with Crippen molar-refractivity contribution in [1.82, 2.24) is 15.5 Å². The molecule has 0 fully saturated rings. The molecule has 0 saturated carbocycles. The monoisotopic (exact) mass is 265 g/mol. The Morgan fingerprint density at radius 1 is 1.37 bits per heavy atom. The van der Waals surface area contributed by atoms with Crippen molar-refractivity contribution in [2.75, 3.05) is 40.8 Å². The van der Waals surface area contributed by atoms with Crippen LogP contribution in [0.4, 0.5) is 0 Å². The topological polar surface area (TPSA) is 53.6 Å². The first-order chi connectivity index (χ1) is 9.17. The predicted octanol–water partition coefficient (Wildman–Crippen LogP) is 0.463. The van der Waals surface area contributed by atoms with Gasteiger partial charge in [-0.3, -0.25) is 9.69 Å². The number of hydrogen-bond acceptors (Lipinski definition) is 4. The zero-order valence-electron chi connectivity index (χ0n) is 11.9. The number of carbonyl (C=O) groups is 1. The van der Waals surface area contributed by atoms with Crippen LogP contribution in [-0.4, -0.2) is 51.6 Å². The molecule has 1 aromatic rings. The number of likely N-dealkylation sites (N-methyl/N-ethyl adjacent to an activating group) is 2. The van der Waals surface area contributed by atoms with E-state index < -0.39 is 0 Å². The number of amides is 1. The summed E-state index contributed by atoms with van der Waals surface area (Å²) in [5.74, 6) is 0.816. The average Bonchev–Trinajstić information content (AvgIpc) is 2.43. The van der Waals surface area contributed by atoms with Crippen LogP contribution in [0, 0.1) is 0 Å². The number of nitrogens with zero attached hydrogens (tertiary/aromatic N) is 1. The summed E-state index contributed by atoms with van der Waals surface area (Å²) in [6, 6.07) is 7.68. The summed E-state index contributed by atoms with van der Waals surface area (Å²) in [5, 5.41) is 5.95. The summed E-state index contributed by atoms with van der Waals surface area (Å²) >= 11 is 0. The fourth-order valence-electron chi connectivity index (χ4n) is 1.73. The molecule has 0 saturated heterocycles. The normalized spacial score (nSPS) is 10.5. The van der Waals surface area contributed by atoms with Gasteiger partial charge in [-0.05, 0) is 20.2 Å². The molecular formula is C14H23N3O2. The standard InChI is InChI=1S/C14H23N3O2/c1-15-8-9-17(2)11-14(18)16-10-12-6-4-5-7-13(12)19-3/h4-7,15H,8-11H2,1-3H3,(H,16,18). The Morgan fingerprint density at radius 2 is 2.11 bits per heavy atom. The molecule has 0 spiro atoms. The van der Waals surface area contributed by atoms with E-state index >= 15 is 0 Å². The fraction of sp³-hybridized carbons (Fsp3) is 0.500. The summed E-state index contributed by atoms with van der Waals surface area (Å²) < 4.78 is 5.24. The summed E-state index contributed by atoms with van der Waals surface area (Å²) in [4.78, 5) is 13.8. The molecule has 0 aliphatic rings. The Bertz CT molecular complexity index is 396. The van der Waals surface area contributed by atoms with Crippen LogP contribution in [0.25, 0.3) is 0 Å². The molecule has 0 heterocycles. The SMILES string of the molecule is CNCCN(C)CC(=O)NCc1ccccc1OC. The molecule has 5 heteroatoms. The molecule has 0 aromatic heterocycles. The Morgan fingerprint density at radius 3 is 2.79 bits per heavy atom. The van der Waals surface area contributed by atoms with Crippen LogP contribution < -0.4 is 15.4 Å². The van der Waals surface area contributed by atoms with Gasteiger partial charge in [-0.2, -0.15) is 0 Å². The molecule has 2 N–H and O–H groups in total. The third-order valence-electron chi connectivity index (χ3n) is 2.83. The molecule has 0 aliphatic heterocycles. The molecule has 1 rings (SSSR count). The Balaban J connectivity index is 2.37. The van der Waals surface area contributed by atoms with E-state index in [2.05, 4.69) is 10.6 Å². The molecule has 1 amide bonds. The van der Waals surface area contributed by atoms with Crippen LogP contribution in [0.2, 0.25) is 0 Å². The summed E-state index contributed by atoms with van der Waals surface area (Å²) in [6.45, 7) is 2.61. The number of ether oxygens (including phenoxy) is 1. The average molecular weight is 265 g/mol. The molecule has 19 heavy (non-hydrogen) atoms. The number of carbonyl (C=O) groups excluding carboxylic acids is 1. The van der Waals surface area contributed by atoms with E-state index in [1.165, 1.54) is 0 Å². The van der Waals surface area contributed by atoms with Crippen molar-refractivity contribution in [3.8, 4) is 5.75 Å². The second-order valence-electron chi connectivity index (χ2n) is 4.43. The van der Waals surface area contributed by atoms with Gasteiger partial charge >= 0.3 is 0 Å². The van der Waals surface area contributed by atoms with Crippen molar-refractivity contribution in [3.63, 3.8) is 0 Å². The lowest BCUT2D eigenvalue weighted by Crippen LogP contribution is -2.37. The van der Waals surface area contributed by atoms with Gasteiger partial charge in [0.05, 0.1) is 13.7 Å². The van der Waals surface area contributed by atoms with Crippen molar-refractivity contribution >= 4 is 5.91 Å². The van der Waals surface area contributed by atoms with E-state index in [0.717, 1.165) is 24.4 Å². The Kier molecular flexibility index (Phi) is 6.92. The van der Waals surface area contributed by atoms with Crippen LogP contribution in [-0.2, 0) is 11.3 Å². The minimum absolute atomic E-state index is 0.0181. The first-order valence-electron chi connectivity index (χ1n) is 6.39. The summed E-state index contributed by atoms with van der Waals surface area (Å²) in [7, 11) is 5.46. The van der Waals surface area contributed by atoms with E-state index in [1.807, 2.05) is 43.3 Å². The number of methoxy groups -OCH3 is 1. The predicted molar refractivity (Wildman–Crippen MR) is 76.3 cm³/mol. The first kappa shape index (κ1) is 15.5. The van der Waals surface area contributed by atoms with Crippen molar-refractivity contribution in [1.29, 1.82) is 0 Å². The minimum Gasteiger partial charge on any atom is -0.496 e. The third-order valence-corrected chi connectivity index (χ3v) is 2.83. The second kappa shape index (κ2) is 8.50. The lowest BCUT2D eigenvalue weighted by Gasteiger charge is -2.16.